The van der Waals surface area contributed by atoms with Gasteiger partial charge in [0.2, 0.25) is 11.3 Å². The number of fused-ring (bicyclic) bond motifs is 2. The number of pyridine rings is 2. The van der Waals surface area contributed by atoms with Gasteiger partial charge in [-0.05, 0) is 34.7 Å². The molecule has 0 bridgehead atoms. The highest BCUT2D eigenvalue weighted by atomic mass is 16.5. The lowest BCUT2D eigenvalue weighted by molar-refractivity contribution is 0.153. The number of rotatable bonds is 0. The van der Waals surface area contributed by atoms with E-state index in [0.717, 1.165) is 0 Å². The fourth-order valence-corrected chi connectivity index (χ4v) is 1.51. The van der Waals surface area contributed by atoms with Crippen LogP contribution >= 0.6 is 0 Å². The third kappa shape index (κ3) is 2.05. The molecule has 0 radical (unpaired) electrons. The van der Waals surface area contributed by atoms with Crippen molar-refractivity contribution >= 4 is 22.3 Å². The van der Waals surface area contributed by atoms with Crippen molar-refractivity contribution in [1.82, 2.24) is 40.3 Å². The zero-order valence-electron chi connectivity index (χ0n) is 9.94. The molecular weight excluding hydrogens is 264 g/mol. The van der Waals surface area contributed by atoms with Crippen molar-refractivity contribution in [3.63, 3.8) is 0 Å². The van der Waals surface area contributed by atoms with Gasteiger partial charge in [0.1, 0.15) is 11.0 Å². The maximum atomic E-state index is 8.91. The van der Waals surface area contributed by atoms with Gasteiger partial charge in [-0.3, -0.25) is 0 Å². The number of aromatic nitrogens is 8. The van der Waals surface area contributed by atoms with E-state index >= 15 is 0 Å². The molecule has 10 heteroatoms. The second-order valence-electron chi connectivity index (χ2n) is 3.65. The van der Waals surface area contributed by atoms with E-state index < -0.39 is 0 Å². The summed E-state index contributed by atoms with van der Waals surface area (Å²) in [6, 6.07) is 6.85. The molecule has 0 aliphatic rings. The molecule has 2 N–H and O–H groups in total. The Balaban J connectivity index is 0.000000121. The Morgan fingerprint density at radius 3 is 2.40 bits per heavy atom. The largest absolute Gasteiger partial charge is 0.410 e. The highest BCUT2D eigenvalue weighted by Crippen LogP contribution is 2.03. The van der Waals surface area contributed by atoms with Crippen molar-refractivity contribution in [2.24, 2.45) is 0 Å². The van der Waals surface area contributed by atoms with Crippen LogP contribution in [0.1, 0.15) is 0 Å². The fourth-order valence-electron chi connectivity index (χ4n) is 1.51. The van der Waals surface area contributed by atoms with E-state index in [0.29, 0.717) is 32.0 Å². The normalized spacial score (nSPS) is 10.4. The van der Waals surface area contributed by atoms with Crippen LogP contribution < -0.4 is 0 Å². The molecule has 0 amide bonds. The van der Waals surface area contributed by atoms with Gasteiger partial charge in [0.25, 0.3) is 0 Å². The molecule has 100 valence electrons. The molecule has 4 heterocycles. The van der Waals surface area contributed by atoms with Crippen LogP contribution in [0.3, 0.4) is 0 Å². The monoisotopic (exact) mass is 272 g/mol. The first-order valence-corrected chi connectivity index (χ1v) is 5.47. The lowest BCUT2D eigenvalue weighted by atomic mass is 10.4. The Kier molecular flexibility index (Phi) is 2.80. The van der Waals surface area contributed by atoms with Gasteiger partial charge in [0.15, 0.2) is 0 Å². The Hall–Kier alpha value is -3.30. The van der Waals surface area contributed by atoms with Crippen molar-refractivity contribution in [3.05, 3.63) is 36.7 Å². The van der Waals surface area contributed by atoms with Crippen molar-refractivity contribution in [3.8, 4) is 0 Å². The molecule has 0 saturated carbocycles. The second kappa shape index (κ2) is 4.76. The maximum Gasteiger partial charge on any atom is 0.219 e. The molecule has 20 heavy (non-hydrogen) atoms. The first-order valence-electron chi connectivity index (χ1n) is 5.47. The van der Waals surface area contributed by atoms with Crippen molar-refractivity contribution < 1.29 is 10.4 Å². The third-order valence-electron chi connectivity index (χ3n) is 2.40. The highest BCUT2D eigenvalue weighted by molar-refractivity contribution is 5.68. The third-order valence-corrected chi connectivity index (χ3v) is 2.40. The molecule has 0 unspecified atom stereocenters. The van der Waals surface area contributed by atoms with Crippen LogP contribution in [0.4, 0.5) is 0 Å². The summed E-state index contributed by atoms with van der Waals surface area (Å²) in [5, 5.41) is 31.7. The zero-order chi connectivity index (χ0) is 13.9. The fraction of sp³-hybridized carbons (Fsp3) is 0. The van der Waals surface area contributed by atoms with Crippen LogP contribution in [0, 0.1) is 0 Å². The Morgan fingerprint density at radius 1 is 0.850 bits per heavy atom. The number of nitrogens with zero attached hydrogens (tertiary/aromatic N) is 8. The molecule has 0 aromatic carbocycles. The summed E-state index contributed by atoms with van der Waals surface area (Å²) in [5.74, 6) is 0. The van der Waals surface area contributed by atoms with Gasteiger partial charge in [-0.25, -0.2) is 9.97 Å². The molecular formula is C10H8N8O2. The number of hydrogen-bond acceptors (Lipinski definition) is 8. The van der Waals surface area contributed by atoms with Gasteiger partial charge >= 0.3 is 0 Å². The molecule has 0 spiro atoms. The van der Waals surface area contributed by atoms with Gasteiger partial charge in [-0.15, -0.1) is 10.2 Å². The SMILES string of the molecule is On1nnc2cccnc21.On1nnc2ncccc21. The summed E-state index contributed by atoms with van der Waals surface area (Å²) in [5.41, 5.74) is 1.93. The van der Waals surface area contributed by atoms with Gasteiger partial charge in [-0.2, -0.15) is 0 Å². The average Bonchev–Trinajstić information content (AvgIpc) is 3.05. The Morgan fingerprint density at radius 2 is 1.60 bits per heavy atom. The van der Waals surface area contributed by atoms with E-state index in [1.54, 1.807) is 36.7 Å². The molecule has 0 atom stereocenters. The highest BCUT2D eigenvalue weighted by Gasteiger charge is 2.00. The molecule has 0 fully saturated rings. The van der Waals surface area contributed by atoms with Crippen LogP contribution in [0.2, 0.25) is 0 Å². The van der Waals surface area contributed by atoms with Crippen LogP contribution in [0.25, 0.3) is 22.3 Å². The van der Waals surface area contributed by atoms with Gasteiger partial charge in [0.05, 0.1) is 0 Å². The van der Waals surface area contributed by atoms with Crippen LogP contribution in [-0.2, 0) is 0 Å². The molecule has 4 aromatic heterocycles. The summed E-state index contributed by atoms with van der Waals surface area (Å²) >= 11 is 0. The van der Waals surface area contributed by atoms with Gasteiger partial charge in [0, 0.05) is 12.4 Å². The smallest absolute Gasteiger partial charge is 0.219 e. The van der Waals surface area contributed by atoms with Gasteiger partial charge in [-0.1, -0.05) is 9.69 Å². The number of hydrogen-bond donors (Lipinski definition) is 2. The van der Waals surface area contributed by atoms with E-state index in [2.05, 4.69) is 30.6 Å². The maximum absolute atomic E-state index is 8.91. The minimum atomic E-state index is 0.377. The van der Waals surface area contributed by atoms with E-state index in [-0.39, 0.29) is 0 Å². The lowest BCUT2D eigenvalue weighted by Gasteiger charge is -1.85. The molecule has 0 aliphatic heterocycles. The summed E-state index contributed by atoms with van der Waals surface area (Å²) in [4.78, 5) is 9.02. The lowest BCUT2D eigenvalue weighted by Crippen LogP contribution is -1.92. The standard InChI is InChI=1S/2C5H4N4O/c10-9-4-2-1-3-6-5(4)7-8-9;10-9-5-4(7-8-9)2-1-3-6-5/h2*1-3,10H. The predicted octanol–water partition coefficient (Wildman–Crippen LogP) is 0.127. The quantitative estimate of drug-likeness (QED) is 0.432. The van der Waals surface area contributed by atoms with E-state index in [9.17, 15) is 0 Å². The van der Waals surface area contributed by atoms with Crippen molar-refractivity contribution in [2.75, 3.05) is 0 Å². The predicted molar refractivity (Wildman–Crippen MR) is 65.0 cm³/mol. The van der Waals surface area contributed by atoms with Crippen LogP contribution in [-0.4, -0.2) is 50.7 Å². The van der Waals surface area contributed by atoms with Gasteiger partial charge < -0.3 is 10.4 Å². The first-order chi connectivity index (χ1) is 9.75. The minimum Gasteiger partial charge on any atom is -0.410 e. The topological polar surface area (TPSA) is 128 Å². The van der Waals surface area contributed by atoms with E-state index in [4.69, 9.17) is 10.4 Å². The minimum absolute atomic E-state index is 0.377. The molecule has 0 saturated heterocycles. The van der Waals surface area contributed by atoms with E-state index in [1.165, 1.54) is 0 Å². The second-order valence-corrected chi connectivity index (χ2v) is 3.65. The van der Waals surface area contributed by atoms with Crippen molar-refractivity contribution in [1.29, 1.82) is 0 Å². The molecule has 0 aliphatic carbocycles. The summed E-state index contributed by atoms with van der Waals surface area (Å²) in [6.45, 7) is 0. The average molecular weight is 272 g/mol. The zero-order valence-corrected chi connectivity index (χ0v) is 9.94. The molecule has 4 aromatic rings. The van der Waals surface area contributed by atoms with E-state index in [1.807, 2.05) is 0 Å². The first kappa shape index (κ1) is 11.8. The summed E-state index contributed by atoms with van der Waals surface area (Å²) < 4.78 is 0. The summed E-state index contributed by atoms with van der Waals surface area (Å²) in [7, 11) is 0. The molecule has 4 rings (SSSR count). The summed E-state index contributed by atoms with van der Waals surface area (Å²) in [6.07, 6.45) is 3.16. The van der Waals surface area contributed by atoms with Crippen LogP contribution in [0.5, 0.6) is 0 Å². The Bertz CT molecular complexity index is 782. The Labute approximate surface area is 110 Å². The van der Waals surface area contributed by atoms with Crippen LogP contribution in [0.15, 0.2) is 36.7 Å². The molecule has 10 nitrogen and oxygen atoms in total. The van der Waals surface area contributed by atoms with Crippen molar-refractivity contribution in [2.45, 2.75) is 0 Å².